The molecule has 102 valence electrons. The van der Waals surface area contributed by atoms with Crippen LogP contribution in [0.5, 0.6) is 5.88 Å². The van der Waals surface area contributed by atoms with Crippen molar-refractivity contribution in [2.75, 3.05) is 7.11 Å². The summed E-state index contributed by atoms with van der Waals surface area (Å²) in [5, 5.41) is 0.657. The van der Waals surface area contributed by atoms with Gasteiger partial charge in [0.25, 0.3) is 0 Å². The van der Waals surface area contributed by atoms with Gasteiger partial charge >= 0.3 is 0 Å². The topological polar surface area (TPSA) is 42.8 Å². The predicted octanol–water partition coefficient (Wildman–Crippen LogP) is 4.05. The Kier molecular flexibility index (Phi) is 3.23. The van der Waals surface area contributed by atoms with Gasteiger partial charge in [-0.15, -0.1) is 0 Å². The Labute approximate surface area is 126 Å². The summed E-state index contributed by atoms with van der Waals surface area (Å²) in [6, 6.07) is 9.38. The summed E-state index contributed by atoms with van der Waals surface area (Å²) in [7, 11) is 1.59. The maximum atomic E-state index is 6.09. The number of nitrogens with one attached hydrogen (secondary N) is 1. The molecule has 2 heterocycles. The number of aromatic amines is 1. The van der Waals surface area contributed by atoms with Crippen LogP contribution in [0, 0.1) is 11.7 Å². The van der Waals surface area contributed by atoms with E-state index in [4.69, 9.17) is 28.6 Å². The molecule has 3 rings (SSSR count). The summed E-state index contributed by atoms with van der Waals surface area (Å²) in [5.74, 6) is 0.542. The van der Waals surface area contributed by atoms with Gasteiger partial charge in [-0.05, 0) is 42.9 Å². The van der Waals surface area contributed by atoms with Crippen LogP contribution in [0.2, 0.25) is 5.02 Å². The summed E-state index contributed by atoms with van der Waals surface area (Å²) in [6.45, 7) is 2.01. The third-order valence-corrected chi connectivity index (χ3v) is 3.65. The molecule has 0 atom stereocenters. The van der Waals surface area contributed by atoms with Crippen molar-refractivity contribution in [2.45, 2.75) is 6.92 Å². The average Bonchev–Trinajstić information content (AvgIpc) is 2.76. The highest BCUT2D eigenvalue weighted by atomic mass is 35.5. The Bertz CT molecular complexity index is 853. The minimum atomic E-state index is 0.542. The fourth-order valence-corrected chi connectivity index (χ4v) is 2.59. The van der Waals surface area contributed by atoms with Gasteiger partial charge in [-0.3, -0.25) is 4.57 Å². The molecule has 6 heteroatoms. The van der Waals surface area contributed by atoms with Gasteiger partial charge in [0.05, 0.1) is 18.3 Å². The second kappa shape index (κ2) is 4.92. The number of aryl methyl sites for hydroxylation is 1. The van der Waals surface area contributed by atoms with Crippen LogP contribution in [0.25, 0.3) is 16.9 Å². The van der Waals surface area contributed by atoms with E-state index < -0.39 is 0 Å². The number of nitrogens with zero attached hydrogens (tertiary/aromatic N) is 2. The summed E-state index contributed by atoms with van der Waals surface area (Å²) >= 11 is 11.5. The molecule has 0 saturated heterocycles. The first-order chi connectivity index (χ1) is 9.60. The van der Waals surface area contributed by atoms with E-state index in [9.17, 15) is 0 Å². The lowest BCUT2D eigenvalue weighted by Gasteiger charge is -2.08. The Balaban J connectivity index is 2.37. The van der Waals surface area contributed by atoms with Crippen molar-refractivity contribution in [1.29, 1.82) is 0 Å². The number of hydrogen-bond donors (Lipinski definition) is 1. The number of hydrogen-bond acceptors (Lipinski definition) is 3. The van der Waals surface area contributed by atoms with Crippen LogP contribution in [0.15, 0.2) is 30.3 Å². The van der Waals surface area contributed by atoms with Crippen molar-refractivity contribution in [1.82, 2.24) is 14.5 Å². The number of rotatable bonds is 2. The van der Waals surface area contributed by atoms with Crippen LogP contribution >= 0.6 is 23.8 Å². The van der Waals surface area contributed by atoms with Crippen molar-refractivity contribution in [3.8, 4) is 11.6 Å². The number of fused-ring (bicyclic) bond motifs is 1. The number of ether oxygens (including phenoxy) is 1. The number of benzene rings is 1. The lowest BCUT2D eigenvalue weighted by Crippen LogP contribution is -1.99. The standard InChI is InChI=1S/C14H12ClN3OS/c1-8-3-4-9(15)7-11(8)18-13-10(16-14(18)20)5-6-12(17-13)19-2/h3-7H,1-2H3,(H,16,20). The zero-order valence-corrected chi connectivity index (χ0v) is 12.5. The largest absolute Gasteiger partial charge is 0.481 e. The van der Waals surface area contributed by atoms with Crippen molar-refractivity contribution in [3.05, 3.63) is 45.7 Å². The van der Waals surface area contributed by atoms with E-state index >= 15 is 0 Å². The Morgan fingerprint density at radius 2 is 2.10 bits per heavy atom. The predicted molar refractivity (Wildman–Crippen MR) is 82.6 cm³/mol. The quantitative estimate of drug-likeness (QED) is 0.726. The summed E-state index contributed by atoms with van der Waals surface area (Å²) in [6.07, 6.45) is 0. The highest BCUT2D eigenvalue weighted by Gasteiger charge is 2.11. The molecule has 1 N–H and O–H groups in total. The first-order valence-corrected chi connectivity index (χ1v) is 6.81. The second-order valence-electron chi connectivity index (χ2n) is 4.42. The molecule has 0 aliphatic heterocycles. The van der Waals surface area contributed by atoms with E-state index in [2.05, 4.69) is 9.97 Å². The third-order valence-electron chi connectivity index (χ3n) is 3.13. The van der Waals surface area contributed by atoms with Gasteiger partial charge in [0.15, 0.2) is 10.4 Å². The number of aromatic nitrogens is 3. The van der Waals surface area contributed by atoms with E-state index in [0.717, 1.165) is 22.4 Å². The fourth-order valence-electron chi connectivity index (χ4n) is 2.13. The van der Waals surface area contributed by atoms with E-state index in [-0.39, 0.29) is 0 Å². The molecule has 0 fully saturated rings. The molecule has 20 heavy (non-hydrogen) atoms. The monoisotopic (exact) mass is 305 g/mol. The van der Waals surface area contributed by atoms with Crippen molar-refractivity contribution >= 4 is 35.0 Å². The van der Waals surface area contributed by atoms with Gasteiger partial charge in [0, 0.05) is 11.1 Å². The minimum Gasteiger partial charge on any atom is -0.481 e. The zero-order chi connectivity index (χ0) is 14.3. The van der Waals surface area contributed by atoms with Crippen LogP contribution in [0.1, 0.15) is 5.56 Å². The normalized spacial score (nSPS) is 10.9. The molecule has 2 aromatic heterocycles. The molecule has 1 aromatic carbocycles. The number of imidazole rings is 1. The van der Waals surface area contributed by atoms with Crippen LogP contribution in [0.4, 0.5) is 0 Å². The lowest BCUT2D eigenvalue weighted by molar-refractivity contribution is 0.399. The number of halogens is 1. The van der Waals surface area contributed by atoms with E-state index in [1.165, 1.54) is 0 Å². The Morgan fingerprint density at radius 1 is 1.30 bits per heavy atom. The smallest absolute Gasteiger partial charge is 0.215 e. The minimum absolute atomic E-state index is 0.542. The zero-order valence-electron chi connectivity index (χ0n) is 11.0. The van der Waals surface area contributed by atoms with Gasteiger partial charge in [0.2, 0.25) is 5.88 Å². The van der Waals surface area contributed by atoms with Crippen LogP contribution in [0.3, 0.4) is 0 Å². The first-order valence-electron chi connectivity index (χ1n) is 6.02. The molecule has 0 spiro atoms. The second-order valence-corrected chi connectivity index (χ2v) is 5.24. The molecule has 0 bridgehead atoms. The molecule has 0 aliphatic rings. The summed E-state index contributed by atoms with van der Waals surface area (Å²) in [5.41, 5.74) is 3.56. The average molecular weight is 306 g/mol. The van der Waals surface area contributed by atoms with Crippen molar-refractivity contribution < 1.29 is 4.74 Å². The molecule has 4 nitrogen and oxygen atoms in total. The van der Waals surface area contributed by atoms with Gasteiger partial charge < -0.3 is 9.72 Å². The maximum Gasteiger partial charge on any atom is 0.215 e. The lowest BCUT2D eigenvalue weighted by atomic mass is 10.2. The number of pyridine rings is 1. The SMILES string of the molecule is COc1ccc2[nH]c(=S)n(-c3cc(Cl)ccc3C)c2n1. The molecule has 0 amide bonds. The molecule has 0 saturated carbocycles. The Morgan fingerprint density at radius 3 is 2.85 bits per heavy atom. The molecular weight excluding hydrogens is 294 g/mol. The molecule has 0 unspecified atom stereocenters. The molecular formula is C14H12ClN3OS. The third kappa shape index (κ3) is 2.09. The fraction of sp³-hybridized carbons (Fsp3) is 0.143. The highest BCUT2D eigenvalue weighted by Crippen LogP contribution is 2.25. The van der Waals surface area contributed by atoms with Crippen LogP contribution < -0.4 is 4.74 Å². The van der Waals surface area contributed by atoms with E-state index in [1.54, 1.807) is 13.2 Å². The number of H-pyrrole nitrogens is 1. The van der Waals surface area contributed by atoms with Gasteiger partial charge in [-0.2, -0.15) is 4.98 Å². The maximum absolute atomic E-state index is 6.09. The first kappa shape index (κ1) is 13.1. The molecule has 0 aliphatic carbocycles. The summed E-state index contributed by atoms with van der Waals surface area (Å²) in [4.78, 5) is 7.60. The van der Waals surface area contributed by atoms with E-state index in [1.807, 2.05) is 35.8 Å². The van der Waals surface area contributed by atoms with Gasteiger partial charge in [-0.25, -0.2) is 0 Å². The van der Waals surface area contributed by atoms with Crippen molar-refractivity contribution in [2.24, 2.45) is 0 Å². The van der Waals surface area contributed by atoms with Gasteiger partial charge in [0.1, 0.15) is 0 Å². The molecule has 3 aromatic rings. The molecule has 0 radical (unpaired) electrons. The van der Waals surface area contributed by atoms with Crippen LogP contribution in [-0.4, -0.2) is 21.6 Å². The van der Waals surface area contributed by atoms with Crippen molar-refractivity contribution in [3.63, 3.8) is 0 Å². The number of methoxy groups -OCH3 is 1. The van der Waals surface area contributed by atoms with Gasteiger partial charge in [-0.1, -0.05) is 17.7 Å². The van der Waals surface area contributed by atoms with Crippen LogP contribution in [-0.2, 0) is 0 Å². The Hall–Kier alpha value is -1.85. The van der Waals surface area contributed by atoms with E-state index in [0.29, 0.717) is 15.7 Å². The summed E-state index contributed by atoms with van der Waals surface area (Å²) < 4.78 is 7.62. The highest BCUT2D eigenvalue weighted by molar-refractivity contribution is 7.71.